The Bertz CT molecular complexity index is 405. The lowest BCUT2D eigenvalue weighted by Gasteiger charge is -2.34. The van der Waals surface area contributed by atoms with Crippen molar-refractivity contribution in [2.45, 2.75) is 45.6 Å². The first-order valence-corrected chi connectivity index (χ1v) is 6.11. The highest BCUT2D eigenvalue weighted by atomic mass is 16.5. The molecule has 0 saturated heterocycles. The summed E-state index contributed by atoms with van der Waals surface area (Å²) in [5.74, 6) is 1.85. The van der Waals surface area contributed by atoms with Gasteiger partial charge in [-0.25, -0.2) is 4.99 Å². The molecular formula is C14H19NO. The van der Waals surface area contributed by atoms with Gasteiger partial charge in [0.2, 0.25) is 0 Å². The fraction of sp³-hybridized carbons (Fsp3) is 0.500. The van der Waals surface area contributed by atoms with Crippen LogP contribution in [0.3, 0.4) is 0 Å². The number of fused-ring (bicyclic) bond motifs is 1. The second-order valence-electron chi connectivity index (χ2n) is 4.20. The van der Waals surface area contributed by atoms with Crippen LogP contribution in [0.4, 0.5) is 0 Å². The van der Waals surface area contributed by atoms with Crippen LogP contribution >= 0.6 is 0 Å². The number of para-hydroxylation sites is 1. The second kappa shape index (κ2) is 4.28. The molecule has 0 unspecified atom stereocenters. The molecular weight excluding hydrogens is 198 g/mol. The fourth-order valence-corrected chi connectivity index (χ4v) is 2.33. The van der Waals surface area contributed by atoms with Gasteiger partial charge in [0, 0.05) is 12.0 Å². The van der Waals surface area contributed by atoms with Gasteiger partial charge in [0.1, 0.15) is 5.75 Å². The molecule has 86 valence electrons. The van der Waals surface area contributed by atoms with E-state index in [0.29, 0.717) is 0 Å². The van der Waals surface area contributed by atoms with Crippen molar-refractivity contribution in [1.29, 1.82) is 0 Å². The fourth-order valence-electron chi connectivity index (χ4n) is 2.33. The van der Waals surface area contributed by atoms with Crippen molar-refractivity contribution in [1.82, 2.24) is 0 Å². The Kier molecular flexibility index (Phi) is 2.99. The minimum Gasteiger partial charge on any atom is -0.443 e. The van der Waals surface area contributed by atoms with Crippen molar-refractivity contribution in [2.24, 2.45) is 4.99 Å². The summed E-state index contributed by atoms with van der Waals surface area (Å²) in [5, 5.41) is 0. The Morgan fingerprint density at radius 1 is 1.12 bits per heavy atom. The van der Waals surface area contributed by atoms with E-state index in [0.717, 1.165) is 30.9 Å². The van der Waals surface area contributed by atoms with E-state index < -0.39 is 0 Å². The third-order valence-corrected chi connectivity index (χ3v) is 3.43. The molecule has 1 aromatic rings. The van der Waals surface area contributed by atoms with E-state index in [-0.39, 0.29) is 5.54 Å². The molecule has 0 aromatic heterocycles. The summed E-state index contributed by atoms with van der Waals surface area (Å²) >= 11 is 0. The van der Waals surface area contributed by atoms with Gasteiger partial charge >= 0.3 is 0 Å². The van der Waals surface area contributed by atoms with E-state index in [2.05, 4.69) is 32.9 Å². The largest absolute Gasteiger partial charge is 0.443 e. The molecule has 1 aliphatic rings. The molecule has 0 N–H and O–H groups in total. The third kappa shape index (κ3) is 1.62. The van der Waals surface area contributed by atoms with E-state index in [1.807, 2.05) is 12.1 Å². The molecule has 0 atom stereocenters. The van der Waals surface area contributed by atoms with Gasteiger partial charge in [-0.1, -0.05) is 39.0 Å². The first-order chi connectivity index (χ1) is 7.75. The Morgan fingerprint density at radius 3 is 2.44 bits per heavy atom. The summed E-state index contributed by atoms with van der Waals surface area (Å²) in [6.45, 7) is 6.48. The maximum Gasteiger partial charge on any atom is 0.190 e. The van der Waals surface area contributed by atoms with E-state index in [9.17, 15) is 0 Å². The summed E-state index contributed by atoms with van der Waals surface area (Å²) in [6.07, 6.45) is 2.90. The maximum absolute atomic E-state index is 5.79. The predicted octanol–water partition coefficient (Wildman–Crippen LogP) is 3.90. The zero-order valence-electron chi connectivity index (χ0n) is 10.3. The number of nitrogens with zero attached hydrogens (tertiary/aromatic N) is 1. The molecule has 16 heavy (non-hydrogen) atoms. The SMILES string of the molecule is CCC1=NC(CC)(CC)c2ccccc2O1. The molecule has 0 aliphatic carbocycles. The number of benzene rings is 1. The smallest absolute Gasteiger partial charge is 0.190 e. The molecule has 0 fully saturated rings. The third-order valence-electron chi connectivity index (χ3n) is 3.43. The molecule has 1 aliphatic heterocycles. The molecule has 1 aromatic carbocycles. The van der Waals surface area contributed by atoms with Gasteiger partial charge in [0.25, 0.3) is 0 Å². The van der Waals surface area contributed by atoms with Crippen molar-refractivity contribution in [3.63, 3.8) is 0 Å². The van der Waals surface area contributed by atoms with E-state index in [4.69, 9.17) is 9.73 Å². The quantitative estimate of drug-likeness (QED) is 0.752. The van der Waals surface area contributed by atoms with Crippen LogP contribution in [-0.2, 0) is 5.54 Å². The van der Waals surface area contributed by atoms with Gasteiger partial charge in [0.05, 0.1) is 5.54 Å². The maximum atomic E-state index is 5.79. The molecule has 0 amide bonds. The lowest BCUT2D eigenvalue weighted by Crippen LogP contribution is -2.30. The van der Waals surface area contributed by atoms with Crippen molar-refractivity contribution in [3.05, 3.63) is 29.8 Å². The zero-order chi connectivity index (χ0) is 11.6. The molecule has 0 bridgehead atoms. The highest BCUT2D eigenvalue weighted by Crippen LogP contribution is 2.41. The van der Waals surface area contributed by atoms with E-state index >= 15 is 0 Å². The molecule has 0 spiro atoms. The van der Waals surface area contributed by atoms with Crippen molar-refractivity contribution >= 4 is 5.90 Å². The van der Waals surface area contributed by atoms with Crippen LogP contribution in [0, 0.1) is 0 Å². The Morgan fingerprint density at radius 2 is 1.81 bits per heavy atom. The van der Waals surface area contributed by atoms with Gasteiger partial charge < -0.3 is 4.74 Å². The normalized spacial score (nSPS) is 17.3. The van der Waals surface area contributed by atoms with Crippen LogP contribution in [0.5, 0.6) is 5.75 Å². The Labute approximate surface area is 97.4 Å². The summed E-state index contributed by atoms with van der Waals surface area (Å²) in [5.41, 5.74) is 1.16. The van der Waals surface area contributed by atoms with Crippen molar-refractivity contribution in [3.8, 4) is 5.75 Å². The minimum absolute atomic E-state index is 0.0693. The lowest BCUT2D eigenvalue weighted by atomic mass is 9.84. The summed E-state index contributed by atoms with van der Waals surface area (Å²) < 4.78 is 5.79. The molecule has 2 heteroatoms. The van der Waals surface area contributed by atoms with Crippen LogP contribution < -0.4 is 4.74 Å². The first kappa shape index (κ1) is 11.2. The highest BCUT2D eigenvalue weighted by Gasteiger charge is 2.34. The molecule has 0 radical (unpaired) electrons. The molecule has 0 saturated carbocycles. The highest BCUT2D eigenvalue weighted by molar-refractivity contribution is 5.81. The lowest BCUT2D eigenvalue weighted by molar-refractivity contribution is 0.359. The van der Waals surface area contributed by atoms with E-state index in [1.54, 1.807) is 0 Å². The van der Waals surface area contributed by atoms with Gasteiger partial charge in [0.15, 0.2) is 5.90 Å². The van der Waals surface area contributed by atoms with Gasteiger partial charge in [-0.05, 0) is 18.9 Å². The van der Waals surface area contributed by atoms with E-state index in [1.165, 1.54) is 5.56 Å². The van der Waals surface area contributed by atoms with Crippen LogP contribution in [0.1, 0.15) is 45.6 Å². The van der Waals surface area contributed by atoms with Crippen LogP contribution in [0.15, 0.2) is 29.3 Å². The summed E-state index contributed by atoms with van der Waals surface area (Å²) in [4.78, 5) is 4.80. The number of rotatable bonds is 3. The van der Waals surface area contributed by atoms with Gasteiger partial charge in [-0.15, -0.1) is 0 Å². The number of ether oxygens (including phenoxy) is 1. The summed E-state index contributed by atoms with van der Waals surface area (Å²) in [6, 6.07) is 8.26. The molecule has 2 nitrogen and oxygen atoms in total. The van der Waals surface area contributed by atoms with Gasteiger partial charge in [-0.3, -0.25) is 0 Å². The second-order valence-corrected chi connectivity index (χ2v) is 4.20. The summed E-state index contributed by atoms with van der Waals surface area (Å²) in [7, 11) is 0. The van der Waals surface area contributed by atoms with Gasteiger partial charge in [-0.2, -0.15) is 0 Å². The number of hydrogen-bond donors (Lipinski definition) is 0. The van der Waals surface area contributed by atoms with Crippen LogP contribution in [0.2, 0.25) is 0 Å². The Hall–Kier alpha value is -1.31. The molecule has 2 rings (SSSR count). The average molecular weight is 217 g/mol. The first-order valence-electron chi connectivity index (χ1n) is 6.11. The van der Waals surface area contributed by atoms with Crippen molar-refractivity contribution in [2.75, 3.05) is 0 Å². The van der Waals surface area contributed by atoms with Crippen LogP contribution in [-0.4, -0.2) is 5.90 Å². The zero-order valence-corrected chi connectivity index (χ0v) is 10.3. The average Bonchev–Trinajstić information content (AvgIpc) is 2.37. The molecule has 1 heterocycles. The minimum atomic E-state index is -0.0693. The predicted molar refractivity (Wildman–Crippen MR) is 67.1 cm³/mol. The van der Waals surface area contributed by atoms with Crippen LogP contribution in [0.25, 0.3) is 0 Å². The number of hydrogen-bond acceptors (Lipinski definition) is 2. The van der Waals surface area contributed by atoms with Crippen molar-refractivity contribution < 1.29 is 4.74 Å². The topological polar surface area (TPSA) is 21.6 Å². The Balaban J connectivity index is 2.55. The monoisotopic (exact) mass is 217 g/mol. The number of aliphatic imine (C=N–C) groups is 1. The standard InChI is InChI=1S/C14H19NO/c1-4-13-15-14(5-2,6-3)11-9-7-8-10-12(11)16-13/h7-10H,4-6H2,1-3H3.